The molecule has 0 aromatic rings. The minimum absolute atomic E-state index is 0.120. The summed E-state index contributed by atoms with van der Waals surface area (Å²) in [6.07, 6.45) is 60.4. The number of aliphatic hydroxyl groups is 4. The van der Waals surface area contributed by atoms with Gasteiger partial charge in [0.15, 0.2) is 6.29 Å². The topological polar surface area (TPSA) is 135 Å². The molecule has 1 aliphatic heterocycles. The Morgan fingerprint density at radius 2 is 0.897 bits per heavy atom. The van der Waals surface area contributed by atoms with Crippen molar-refractivity contribution in [3.05, 3.63) is 85.1 Å². The number of aliphatic hydroxyl groups excluding tert-OH is 4. The number of carbonyl (C=O) groups is 1. The van der Waals surface area contributed by atoms with Crippen LogP contribution in [0.2, 0.25) is 0 Å². The molecule has 1 aliphatic rings. The highest BCUT2D eigenvalue weighted by Gasteiger charge is 2.44. The fourth-order valence-corrected chi connectivity index (χ4v) is 8.02. The number of carbonyl (C=O) groups excluding carboxylic acids is 1. The zero-order valence-electron chi connectivity index (χ0n) is 43.3. The van der Waals surface area contributed by atoms with E-state index in [2.05, 4.69) is 98.9 Å². The lowest BCUT2D eigenvalue weighted by Gasteiger charge is -2.39. The molecule has 0 bridgehead atoms. The van der Waals surface area contributed by atoms with Gasteiger partial charge in [-0.05, 0) is 89.9 Å². The van der Waals surface area contributed by atoms with Gasteiger partial charge in [0, 0.05) is 13.0 Å². The molecule has 1 saturated heterocycles. The van der Waals surface area contributed by atoms with Gasteiger partial charge in [-0.25, -0.2) is 0 Å². The molecule has 392 valence electrons. The maximum Gasteiger partial charge on any atom is 0.306 e. The SMILES string of the molecule is CC/C=C\C/C=C\C/C=C\C/C=C\C/C=C\CCCCCCCCCCCCOCC(COC1OC(CO)C(O)C(O)C1O)OC(=O)CCCCCCCCCCC/C=C\C/C=C\CCCCC. The van der Waals surface area contributed by atoms with Crippen LogP contribution in [-0.2, 0) is 23.7 Å². The first-order chi connectivity index (χ1) is 33.4. The third kappa shape index (κ3) is 39.1. The Kier molecular flexibility index (Phi) is 46.0. The fourth-order valence-electron chi connectivity index (χ4n) is 8.02. The number of hydrogen-bond acceptors (Lipinski definition) is 9. The van der Waals surface area contributed by atoms with Gasteiger partial charge < -0.3 is 39.4 Å². The molecule has 6 unspecified atom stereocenters. The first kappa shape index (κ1) is 63.4. The molecule has 9 heteroatoms. The zero-order chi connectivity index (χ0) is 49.2. The maximum absolute atomic E-state index is 12.9. The minimum Gasteiger partial charge on any atom is -0.457 e. The zero-order valence-corrected chi connectivity index (χ0v) is 43.3. The molecule has 9 nitrogen and oxygen atoms in total. The van der Waals surface area contributed by atoms with Crippen molar-refractivity contribution in [2.45, 2.75) is 256 Å². The Morgan fingerprint density at radius 3 is 1.35 bits per heavy atom. The van der Waals surface area contributed by atoms with Crippen molar-refractivity contribution in [2.75, 3.05) is 26.4 Å². The Morgan fingerprint density at radius 1 is 0.485 bits per heavy atom. The highest BCUT2D eigenvalue weighted by molar-refractivity contribution is 5.69. The van der Waals surface area contributed by atoms with E-state index in [9.17, 15) is 25.2 Å². The quantitative estimate of drug-likeness (QED) is 0.0267. The van der Waals surface area contributed by atoms with E-state index in [1.807, 2.05) is 0 Å². The van der Waals surface area contributed by atoms with Crippen molar-refractivity contribution in [3.63, 3.8) is 0 Å². The first-order valence-electron chi connectivity index (χ1n) is 27.7. The monoisotopic (exact) mass is 955 g/mol. The van der Waals surface area contributed by atoms with Gasteiger partial charge in [-0.3, -0.25) is 4.79 Å². The van der Waals surface area contributed by atoms with Crippen molar-refractivity contribution < 1.29 is 44.2 Å². The molecule has 0 spiro atoms. The smallest absolute Gasteiger partial charge is 0.306 e. The highest BCUT2D eigenvalue weighted by Crippen LogP contribution is 2.23. The largest absolute Gasteiger partial charge is 0.457 e. The number of unbranched alkanes of at least 4 members (excludes halogenated alkanes) is 22. The Hall–Kier alpha value is -2.63. The van der Waals surface area contributed by atoms with Crippen molar-refractivity contribution in [2.24, 2.45) is 0 Å². The summed E-state index contributed by atoms with van der Waals surface area (Å²) in [6.45, 7) is 4.41. The summed E-state index contributed by atoms with van der Waals surface area (Å²) < 4.78 is 22.9. The summed E-state index contributed by atoms with van der Waals surface area (Å²) in [5.74, 6) is -0.321. The predicted octanol–water partition coefficient (Wildman–Crippen LogP) is 14.1. The normalized spacial score (nSPS) is 19.8. The maximum atomic E-state index is 12.9. The van der Waals surface area contributed by atoms with Crippen LogP contribution in [0, 0.1) is 0 Å². The van der Waals surface area contributed by atoms with E-state index < -0.39 is 43.4 Å². The van der Waals surface area contributed by atoms with Crippen molar-refractivity contribution >= 4 is 5.97 Å². The van der Waals surface area contributed by atoms with E-state index in [1.54, 1.807) is 0 Å². The molecule has 0 amide bonds. The summed E-state index contributed by atoms with van der Waals surface area (Å²) in [5, 5.41) is 40.3. The van der Waals surface area contributed by atoms with Crippen molar-refractivity contribution in [3.8, 4) is 0 Å². The molecule has 1 rings (SSSR count). The van der Waals surface area contributed by atoms with Gasteiger partial charge in [0.1, 0.15) is 30.5 Å². The molecule has 1 fully saturated rings. The molecule has 0 aromatic carbocycles. The molecule has 1 heterocycles. The standard InChI is InChI=1S/C59H102O9/c1-3-5-7-9-11-13-15-17-19-21-23-24-25-26-27-28-29-31-33-35-37-39-41-43-45-47-49-65-51-53(52-66-59-58(64)57(63)56(62)54(50-60)68-59)67-55(61)48-46-44-42-40-38-36-34-32-30-22-20-18-16-14-12-10-8-6-4-2/h5,7,11-14,17-20,23-24,26-27,53-54,56-60,62-64H,3-4,6,8-10,15-16,21-22,25,28-52H2,1-2H3/b7-5-,13-11-,14-12-,19-17-,20-18-,24-23-,27-26-. The van der Waals surface area contributed by atoms with Gasteiger partial charge in [0.05, 0.1) is 19.8 Å². The number of allylic oxidation sites excluding steroid dienone is 14. The van der Waals surface area contributed by atoms with Crippen molar-refractivity contribution in [1.82, 2.24) is 0 Å². The molecule has 0 aliphatic carbocycles. The third-order valence-corrected chi connectivity index (χ3v) is 12.3. The van der Waals surface area contributed by atoms with Crippen LogP contribution in [0.15, 0.2) is 85.1 Å². The van der Waals surface area contributed by atoms with Gasteiger partial charge in [-0.15, -0.1) is 0 Å². The van der Waals surface area contributed by atoms with Crippen LogP contribution in [0.1, 0.15) is 219 Å². The molecule has 68 heavy (non-hydrogen) atoms. The lowest BCUT2D eigenvalue weighted by molar-refractivity contribution is -0.305. The van der Waals surface area contributed by atoms with E-state index in [1.165, 1.54) is 128 Å². The van der Waals surface area contributed by atoms with Crippen LogP contribution in [0.4, 0.5) is 0 Å². The third-order valence-electron chi connectivity index (χ3n) is 12.3. The Labute approximate surface area is 416 Å². The summed E-state index contributed by atoms with van der Waals surface area (Å²) in [4.78, 5) is 12.9. The van der Waals surface area contributed by atoms with Gasteiger partial charge in [-0.1, -0.05) is 208 Å². The van der Waals surface area contributed by atoms with E-state index in [-0.39, 0.29) is 19.2 Å². The molecular weight excluding hydrogens is 853 g/mol. The van der Waals surface area contributed by atoms with Crippen LogP contribution in [-0.4, -0.2) is 89.6 Å². The second-order valence-electron chi connectivity index (χ2n) is 18.6. The minimum atomic E-state index is -1.54. The van der Waals surface area contributed by atoms with E-state index in [0.717, 1.165) is 70.6 Å². The lowest BCUT2D eigenvalue weighted by Crippen LogP contribution is -2.59. The second kappa shape index (κ2) is 49.4. The summed E-state index contributed by atoms with van der Waals surface area (Å²) in [5.41, 5.74) is 0. The van der Waals surface area contributed by atoms with Crippen LogP contribution >= 0.6 is 0 Å². The second-order valence-corrected chi connectivity index (χ2v) is 18.6. The van der Waals surface area contributed by atoms with Crippen LogP contribution in [0.3, 0.4) is 0 Å². The van der Waals surface area contributed by atoms with Crippen molar-refractivity contribution in [1.29, 1.82) is 0 Å². The van der Waals surface area contributed by atoms with E-state index in [4.69, 9.17) is 18.9 Å². The van der Waals surface area contributed by atoms with Gasteiger partial charge in [0.2, 0.25) is 0 Å². The summed E-state index contributed by atoms with van der Waals surface area (Å²) in [6, 6.07) is 0. The molecule has 6 atom stereocenters. The summed E-state index contributed by atoms with van der Waals surface area (Å²) >= 11 is 0. The van der Waals surface area contributed by atoms with E-state index in [0.29, 0.717) is 13.0 Å². The molecule has 0 aromatic heterocycles. The number of esters is 1. The molecule has 4 N–H and O–H groups in total. The van der Waals surface area contributed by atoms with E-state index >= 15 is 0 Å². The van der Waals surface area contributed by atoms with Gasteiger partial charge >= 0.3 is 5.97 Å². The lowest BCUT2D eigenvalue weighted by atomic mass is 9.99. The molecular formula is C59H102O9. The van der Waals surface area contributed by atoms with Crippen LogP contribution in [0.5, 0.6) is 0 Å². The van der Waals surface area contributed by atoms with Gasteiger partial charge in [-0.2, -0.15) is 0 Å². The molecule has 0 radical (unpaired) electrons. The predicted molar refractivity (Wildman–Crippen MR) is 283 cm³/mol. The Balaban J connectivity index is 2.18. The van der Waals surface area contributed by atoms with Crippen LogP contribution < -0.4 is 0 Å². The highest BCUT2D eigenvalue weighted by atomic mass is 16.7. The number of rotatable bonds is 47. The fraction of sp³-hybridized carbons (Fsp3) is 0.746. The molecule has 0 saturated carbocycles. The number of hydrogen-bond donors (Lipinski definition) is 4. The average molecular weight is 955 g/mol. The summed E-state index contributed by atoms with van der Waals surface area (Å²) in [7, 11) is 0. The van der Waals surface area contributed by atoms with Crippen LogP contribution in [0.25, 0.3) is 0 Å². The number of ether oxygens (including phenoxy) is 4. The Bertz CT molecular complexity index is 1320. The first-order valence-corrected chi connectivity index (χ1v) is 27.7. The average Bonchev–Trinajstić information content (AvgIpc) is 3.34. The van der Waals surface area contributed by atoms with Gasteiger partial charge in [0.25, 0.3) is 0 Å².